The Balaban J connectivity index is 2.33. The van der Waals surface area contributed by atoms with Gasteiger partial charge in [-0.15, -0.1) is 11.3 Å². The third-order valence-electron chi connectivity index (χ3n) is 2.01. The van der Waals surface area contributed by atoms with Crippen LogP contribution < -0.4 is 5.73 Å². The van der Waals surface area contributed by atoms with Crippen LogP contribution in [0.2, 0.25) is 0 Å². The summed E-state index contributed by atoms with van der Waals surface area (Å²) in [6.45, 7) is 0. The molecule has 6 heteroatoms. The van der Waals surface area contributed by atoms with Gasteiger partial charge in [0, 0.05) is 11.9 Å². The SMILES string of the molecule is CN1C(=Cc2ccc(Br)s2)C(=O)N=C1N. The van der Waals surface area contributed by atoms with E-state index in [4.69, 9.17) is 5.73 Å². The van der Waals surface area contributed by atoms with Gasteiger partial charge < -0.3 is 10.6 Å². The number of likely N-dealkylation sites (N-methyl/N-ethyl adjacent to an activating group) is 1. The zero-order valence-electron chi connectivity index (χ0n) is 7.90. The topological polar surface area (TPSA) is 58.7 Å². The zero-order chi connectivity index (χ0) is 11.0. The minimum Gasteiger partial charge on any atom is -0.369 e. The molecule has 78 valence electrons. The molecule has 1 amide bonds. The summed E-state index contributed by atoms with van der Waals surface area (Å²) in [6.07, 6.45) is 1.78. The smallest absolute Gasteiger partial charge is 0.296 e. The van der Waals surface area contributed by atoms with Crippen molar-refractivity contribution in [3.8, 4) is 0 Å². The van der Waals surface area contributed by atoms with Gasteiger partial charge in [-0.2, -0.15) is 4.99 Å². The molecule has 1 aromatic rings. The molecule has 2 heterocycles. The first-order valence-corrected chi connectivity index (χ1v) is 5.78. The van der Waals surface area contributed by atoms with E-state index < -0.39 is 0 Å². The fourth-order valence-corrected chi connectivity index (χ4v) is 2.56. The number of nitrogens with two attached hydrogens (primary N) is 1. The van der Waals surface area contributed by atoms with Gasteiger partial charge >= 0.3 is 0 Å². The molecule has 2 rings (SSSR count). The van der Waals surface area contributed by atoms with Crippen LogP contribution in [0.1, 0.15) is 4.88 Å². The highest BCUT2D eigenvalue weighted by Crippen LogP contribution is 2.25. The lowest BCUT2D eigenvalue weighted by Gasteiger charge is -2.10. The number of hydrogen-bond acceptors (Lipinski definition) is 4. The Morgan fingerprint density at radius 1 is 1.60 bits per heavy atom. The van der Waals surface area contributed by atoms with Crippen LogP contribution in [0, 0.1) is 0 Å². The molecule has 0 aliphatic carbocycles. The van der Waals surface area contributed by atoms with Gasteiger partial charge in [0.25, 0.3) is 5.91 Å². The van der Waals surface area contributed by atoms with Crippen LogP contribution in [-0.2, 0) is 4.79 Å². The zero-order valence-corrected chi connectivity index (χ0v) is 10.3. The molecule has 0 fully saturated rings. The van der Waals surface area contributed by atoms with Crippen LogP contribution in [-0.4, -0.2) is 23.8 Å². The maximum atomic E-state index is 11.4. The summed E-state index contributed by atoms with van der Waals surface area (Å²) in [6, 6.07) is 3.86. The molecule has 2 N–H and O–H groups in total. The van der Waals surface area contributed by atoms with Crippen molar-refractivity contribution < 1.29 is 4.79 Å². The Hall–Kier alpha value is -1.14. The number of amides is 1. The largest absolute Gasteiger partial charge is 0.369 e. The van der Waals surface area contributed by atoms with Crippen molar-refractivity contribution in [3.63, 3.8) is 0 Å². The minimum atomic E-state index is -0.292. The molecule has 0 bridgehead atoms. The molecule has 0 saturated heterocycles. The van der Waals surface area contributed by atoms with Crippen molar-refractivity contribution in [2.24, 2.45) is 10.7 Å². The molecule has 15 heavy (non-hydrogen) atoms. The molecule has 0 radical (unpaired) electrons. The van der Waals surface area contributed by atoms with Gasteiger partial charge in [-0.05, 0) is 34.1 Å². The van der Waals surface area contributed by atoms with Crippen LogP contribution in [0.15, 0.2) is 26.6 Å². The van der Waals surface area contributed by atoms with Gasteiger partial charge in [0.05, 0.1) is 3.79 Å². The highest BCUT2D eigenvalue weighted by atomic mass is 79.9. The molecule has 0 atom stereocenters. The first-order valence-electron chi connectivity index (χ1n) is 4.17. The van der Waals surface area contributed by atoms with E-state index in [-0.39, 0.29) is 11.9 Å². The number of rotatable bonds is 1. The summed E-state index contributed by atoms with van der Waals surface area (Å²) in [5.74, 6) is -0.0543. The van der Waals surface area contributed by atoms with Gasteiger partial charge in [0.15, 0.2) is 0 Å². The third-order valence-corrected chi connectivity index (χ3v) is 3.58. The van der Waals surface area contributed by atoms with Gasteiger partial charge in [-0.25, -0.2) is 0 Å². The monoisotopic (exact) mass is 285 g/mol. The maximum absolute atomic E-state index is 11.4. The Kier molecular flexibility index (Phi) is 2.62. The Bertz CT molecular complexity index is 477. The standard InChI is InChI=1S/C9H8BrN3OS/c1-13-6(8(14)12-9(13)11)4-5-2-3-7(10)15-5/h2-4H,1H3,(H2,11,12,14). The highest BCUT2D eigenvalue weighted by molar-refractivity contribution is 9.11. The minimum absolute atomic E-state index is 0.238. The van der Waals surface area contributed by atoms with Crippen molar-refractivity contribution in [1.82, 2.24) is 4.90 Å². The van der Waals surface area contributed by atoms with E-state index in [0.717, 1.165) is 8.66 Å². The predicted octanol–water partition coefficient (Wildman–Crippen LogP) is 1.64. The van der Waals surface area contributed by atoms with Crippen LogP contribution in [0.5, 0.6) is 0 Å². The predicted molar refractivity (Wildman–Crippen MR) is 64.4 cm³/mol. The molecule has 0 unspecified atom stereocenters. The third kappa shape index (κ3) is 1.95. The molecule has 0 saturated carbocycles. The number of carbonyl (C=O) groups excluding carboxylic acids is 1. The number of aliphatic imine (C=N–C) groups is 1. The number of halogens is 1. The van der Waals surface area contributed by atoms with Gasteiger partial charge in [0.1, 0.15) is 5.70 Å². The fraction of sp³-hybridized carbons (Fsp3) is 0.111. The molecule has 1 aliphatic heterocycles. The molecule has 0 aromatic carbocycles. The lowest BCUT2D eigenvalue weighted by molar-refractivity contribution is -0.114. The molecular formula is C9H8BrN3OS. The second-order valence-corrected chi connectivity index (χ2v) is 5.50. The van der Waals surface area contributed by atoms with Crippen LogP contribution in [0.25, 0.3) is 6.08 Å². The number of guanidine groups is 1. The van der Waals surface area contributed by atoms with Crippen molar-refractivity contribution in [1.29, 1.82) is 0 Å². The average molecular weight is 286 g/mol. The van der Waals surface area contributed by atoms with Gasteiger partial charge in [-0.1, -0.05) is 0 Å². The fourth-order valence-electron chi connectivity index (χ4n) is 1.20. The summed E-state index contributed by atoms with van der Waals surface area (Å²) in [4.78, 5) is 17.6. The average Bonchev–Trinajstić information content (AvgIpc) is 2.67. The second kappa shape index (κ2) is 3.79. The van der Waals surface area contributed by atoms with Crippen molar-refractivity contribution in [2.75, 3.05) is 7.05 Å². The summed E-state index contributed by atoms with van der Waals surface area (Å²) >= 11 is 4.91. The van der Waals surface area contributed by atoms with Gasteiger partial charge in [0.2, 0.25) is 5.96 Å². The van der Waals surface area contributed by atoms with Crippen molar-refractivity contribution >= 4 is 45.2 Å². The first kappa shape index (κ1) is 10.4. The number of nitrogens with zero attached hydrogens (tertiary/aromatic N) is 2. The van der Waals surface area contributed by atoms with Crippen molar-refractivity contribution in [2.45, 2.75) is 0 Å². The lowest BCUT2D eigenvalue weighted by Crippen LogP contribution is -2.28. The highest BCUT2D eigenvalue weighted by Gasteiger charge is 2.24. The Labute approximate surface area is 99.2 Å². The molecular weight excluding hydrogens is 278 g/mol. The van der Waals surface area contributed by atoms with E-state index in [1.807, 2.05) is 12.1 Å². The molecule has 4 nitrogen and oxygen atoms in total. The summed E-state index contributed by atoms with van der Waals surface area (Å²) < 4.78 is 1.02. The van der Waals surface area contributed by atoms with E-state index in [0.29, 0.717) is 5.70 Å². The van der Waals surface area contributed by atoms with Crippen LogP contribution in [0.3, 0.4) is 0 Å². The lowest BCUT2D eigenvalue weighted by atomic mass is 10.3. The Morgan fingerprint density at radius 3 is 2.80 bits per heavy atom. The van der Waals surface area contributed by atoms with E-state index >= 15 is 0 Å². The van der Waals surface area contributed by atoms with Crippen LogP contribution >= 0.6 is 27.3 Å². The van der Waals surface area contributed by atoms with E-state index in [1.54, 1.807) is 29.4 Å². The summed E-state index contributed by atoms with van der Waals surface area (Å²) in [5, 5.41) is 0. The number of thiophene rings is 1. The van der Waals surface area contributed by atoms with E-state index in [2.05, 4.69) is 20.9 Å². The van der Waals surface area contributed by atoms with E-state index in [1.165, 1.54) is 0 Å². The first-order chi connectivity index (χ1) is 7.08. The van der Waals surface area contributed by atoms with E-state index in [9.17, 15) is 4.79 Å². The van der Waals surface area contributed by atoms with Crippen LogP contribution in [0.4, 0.5) is 0 Å². The maximum Gasteiger partial charge on any atom is 0.296 e. The normalized spacial score (nSPS) is 18.8. The molecule has 1 aliphatic rings. The summed E-state index contributed by atoms with van der Waals surface area (Å²) in [5.41, 5.74) is 6.03. The van der Waals surface area contributed by atoms with Gasteiger partial charge in [-0.3, -0.25) is 4.79 Å². The molecule has 1 aromatic heterocycles. The second-order valence-electron chi connectivity index (χ2n) is 3.01. The Morgan fingerprint density at radius 2 is 2.33 bits per heavy atom. The quantitative estimate of drug-likeness (QED) is 0.798. The number of carbonyl (C=O) groups is 1. The van der Waals surface area contributed by atoms with Crippen molar-refractivity contribution in [3.05, 3.63) is 26.5 Å². The summed E-state index contributed by atoms with van der Waals surface area (Å²) in [7, 11) is 1.72. The number of hydrogen-bond donors (Lipinski definition) is 1. The molecule has 0 spiro atoms.